The molecule has 0 saturated carbocycles. The Balaban J connectivity index is 2.36. The summed E-state index contributed by atoms with van der Waals surface area (Å²) in [6, 6.07) is 10.9. The number of sulfonamides is 1. The molecule has 0 aliphatic heterocycles. The Morgan fingerprint density at radius 2 is 2.08 bits per heavy atom. The lowest BCUT2D eigenvalue weighted by Crippen LogP contribution is -2.32. The average molecular weight is 345 g/mol. The first-order chi connectivity index (χ1) is 11.4. The van der Waals surface area contributed by atoms with Crippen LogP contribution in [-0.4, -0.2) is 35.3 Å². The highest BCUT2D eigenvalue weighted by atomic mass is 32.2. The van der Waals surface area contributed by atoms with Gasteiger partial charge in [0.2, 0.25) is 10.0 Å². The number of carboxylic acids is 1. The van der Waals surface area contributed by atoms with E-state index in [1.54, 1.807) is 18.3 Å². The van der Waals surface area contributed by atoms with Crippen molar-refractivity contribution in [2.45, 2.75) is 17.9 Å². The summed E-state index contributed by atoms with van der Waals surface area (Å²) in [6.45, 7) is -0.177. The van der Waals surface area contributed by atoms with Gasteiger partial charge in [-0.15, -0.1) is 0 Å². The Morgan fingerprint density at radius 1 is 1.29 bits per heavy atom. The second kappa shape index (κ2) is 7.68. The number of aliphatic carboxylic acids is 1. The summed E-state index contributed by atoms with van der Waals surface area (Å²) < 4.78 is 26.7. The van der Waals surface area contributed by atoms with E-state index in [1.807, 2.05) is 6.07 Å². The van der Waals surface area contributed by atoms with Gasteiger partial charge in [-0.1, -0.05) is 12.1 Å². The zero-order chi connectivity index (χ0) is 17.6. The summed E-state index contributed by atoms with van der Waals surface area (Å²) in [5, 5.41) is 17.8. The molecule has 7 nitrogen and oxygen atoms in total. The van der Waals surface area contributed by atoms with E-state index in [0.29, 0.717) is 5.56 Å². The topological polar surface area (TPSA) is 111 Å². The Hall–Kier alpha value is -2.76. The van der Waals surface area contributed by atoms with Crippen molar-refractivity contribution in [3.8, 4) is 6.07 Å². The molecule has 2 rings (SSSR count). The van der Waals surface area contributed by atoms with Crippen LogP contribution in [0.3, 0.4) is 0 Å². The van der Waals surface area contributed by atoms with Crippen LogP contribution in [-0.2, 0) is 21.4 Å². The third-order valence-electron chi connectivity index (χ3n) is 3.26. The van der Waals surface area contributed by atoms with Gasteiger partial charge in [-0.25, -0.2) is 8.42 Å². The molecule has 24 heavy (non-hydrogen) atoms. The van der Waals surface area contributed by atoms with Gasteiger partial charge < -0.3 is 5.11 Å². The molecular weight excluding hydrogens is 330 g/mol. The van der Waals surface area contributed by atoms with Gasteiger partial charge in [-0.3, -0.25) is 9.78 Å². The van der Waals surface area contributed by atoms with E-state index < -0.39 is 16.0 Å². The summed E-state index contributed by atoms with van der Waals surface area (Å²) in [5.41, 5.74) is 0.860. The minimum absolute atomic E-state index is 0.000233. The van der Waals surface area contributed by atoms with Crippen molar-refractivity contribution in [1.29, 1.82) is 5.26 Å². The second-order valence-electron chi connectivity index (χ2n) is 4.98. The molecule has 1 aromatic heterocycles. The van der Waals surface area contributed by atoms with Crippen LogP contribution in [0.5, 0.6) is 0 Å². The quantitative estimate of drug-likeness (QED) is 0.816. The van der Waals surface area contributed by atoms with Crippen molar-refractivity contribution >= 4 is 16.0 Å². The number of nitrogens with zero attached hydrogens (tertiary/aromatic N) is 3. The standard InChI is InChI=1S/C16H15N3O4S/c17-10-13-3-1-5-15(9-13)24(22,23)19(8-6-16(20)21)12-14-4-2-7-18-11-14/h1-5,7,9,11H,6,8,12H2,(H,20,21). The second-order valence-corrected chi connectivity index (χ2v) is 6.92. The summed E-state index contributed by atoms with van der Waals surface area (Å²) in [5.74, 6) is -1.09. The van der Waals surface area contributed by atoms with E-state index in [-0.39, 0.29) is 30.0 Å². The first-order valence-electron chi connectivity index (χ1n) is 7.04. The summed E-state index contributed by atoms with van der Waals surface area (Å²) in [7, 11) is -3.94. The predicted octanol–water partition coefficient (Wildman–Crippen LogP) is 1.62. The van der Waals surface area contributed by atoms with Crippen molar-refractivity contribution in [3.63, 3.8) is 0 Å². The van der Waals surface area contributed by atoms with Gasteiger partial charge in [0.1, 0.15) is 0 Å². The Morgan fingerprint density at radius 3 is 2.71 bits per heavy atom. The average Bonchev–Trinajstić information content (AvgIpc) is 2.59. The van der Waals surface area contributed by atoms with Gasteiger partial charge in [-0.2, -0.15) is 9.57 Å². The maximum Gasteiger partial charge on any atom is 0.304 e. The minimum Gasteiger partial charge on any atom is -0.481 e. The molecule has 1 heterocycles. The lowest BCUT2D eigenvalue weighted by molar-refractivity contribution is -0.137. The molecule has 0 saturated heterocycles. The highest BCUT2D eigenvalue weighted by Crippen LogP contribution is 2.19. The maximum atomic E-state index is 12.8. The molecule has 1 aromatic carbocycles. The number of benzene rings is 1. The van der Waals surface area contributed by atoms with Crippen LogP contribution in [0.4, 0.5) is 0 Å². The zero-order valence-corrected chi connectivity index (χ0v) is 13.5. The number of hydrogen-bond donors (Lipinski definition) is 1. The van der Waals surface area contributed by atoms with Crippen LogP contribution in [0, 0.1) is 11.3 Å². The number of pyridine rings is 1. The van der Waals surface area contributed by atoms with Crippen molar-refractivity contribution in [3.05, 3.63) is 59.9 Å². The highest BCUT2D eigenvalue weighted by molar-refractivity contribution is 7.89. The molecular formula is C16H15N3O4S. The molecule has 2 aromatic rings. The van der Waals surface area contributed by atoms with Crippen LogP contribution < -0.4 is 0 Å². The maximum absolute atomic E-state index is 12.8. The fourth-order valence-corrected chi connectivity index (χ4v) is 3.55. The van der Waals surface area contributed by atoms with Gasteiger partial charge in [-0.05, 0) is 29.8 Å². The van der Waals surface area contributed by atoms with Crippen LogP contribution >= 0.6 is 0 Å². The molecule has 124 valence electrons. The van der Waals surface area contributed by atoms with E-state index in [2.05, 4.69) is 4.98 Å². The number of aromatic nitrogens is 1. The third-order valence-corrected chi connectivity index (χ3v) is 5.10. The van der Waals surface area contributed by atoms with E-state index in [4.69, 9.17) is 10.4 Å². The SMILES string of the molecule is N#Cc1cccc(S(=O)(=O)N(CCC(=O)O)Cc2cccnc2)c1. The first-order valence-corrected chi connectivity index (χ1v) is 8.48. The number of rotatable bonds is 7. The smallest absolute Gasteiger partial charge is 0.304 e. The summed E-state index contributed by atoms with van der Waals surface area (Å²) in [4.78, 5) is 14.7. The third kappa shape index (κ3) is 4.38. The Kier molecular flexibility index (Phi) is 5.63. The van der Waals surface area contributed by atoms with Crippen LogP contribution in [0.1, 0.15) is 17.5 Å². The van der Waals surface area contributed by atoms with Crippen LogP contribution in [0.15, 0.2) is 53.7 Å². The van der Waals surface area contributed by atoms with E-state index in [0.717, 1.165) is 4.31 Å². The van der Waals surface area contributed by atoms with Crippen molar-refractivity contribution in [2.24, 2.45) is 0 Å². The van der Waals surface area contributed by atoms with E-state index in [9.17, 15) is 13.2 Å². The Bertz CT molecular complexity index is 860. The Labute approximate surface area is 139 Å². The minimum atomic E-state index is -3.94. The van der Waals surface area contributed by atoms with Gasteiger partial charge in [0.05, 0.1) is 22.9 Å². The summed E-state index contributed by atoms with van der Waals surface area (Å²) in [6.07, 6.45) is 2.77. The van der Waals surface area contributed by atoms with Crippen LogP contribution in [0.2, 0.25) is 0 Å². The molecule has 8 heteroatoms. The first kappa shape index (κ1) is 17.6. The number of nitriles is 1. The van der Waals surface area contributed by atoms with E-state index in [1.165, 1.54) is 30.5 Å². The molecule has 0 amide bonds. The van der Waals surface area contributed by atoms with Crippen molar-refractivity contribution in [2.75, 3.05) is 6.54 Å². The molecule has 0 radical (unpaired) electrons. The largest absolute Gasteiger partial charge is 0.481 e. The number of carbonyl (C=O) groups is 1. The number of carboxylic acid groups (broad SMARTS) is 1. The molecule has 0 fully saturated rings. The van der Waals surface area contributed by atoms with Crippen molar-refractivity contribution in [1.82, 2.24) is 9.29 Å². The monoisotopic (exact) mass is 345 g/mol. The molecule has 0 atom stereocenters. The van der Waals surface area contributed by atoms with E-state index >= 15 is 0 Å². The van der Waals surface area contributed by atoms with Gasteiger partial charge in [0.15, 0.2) is 0 Å². The summed E-state index contributed by atoms with van der Waals surface area (Å²) >= 11 is 0. The molecule has 0 bridgehead atoms. The molecule has 0 unspecified atom stereocenters. The van der Waals surface area contributed by atoms with Crippen LogP contribution in [0.25, 0.3) is 0 Å². The van der Waals surface area contributed by atoms with Gasteiger partial charge >= 0.3 is 5.97 Å². The van der Waals surface area contributed by atoms with Gasteiger partial charge in [0.25, 0.3) is 0 Å². The number of hydrogen-bond acceptors (Lipinski definition) is 5. The lowest BCUT2D eigenvalue weighted by Gasteiger charge is -2.21. The lowest BCUT2D eigenvalue weighted by atomic mass is 10.2. The predicted molar refractivity (Wildman–Crippen MR) is 85.2 cm³/mol. The zero-order valence-electron chi connectivity index (χ0n) is 12.7. The highest BCUT2D eigenvalue weighted by Gasteiger charge is 2.25. The molecule has 0 aliphatic rings. The molecule has 1 N–H and O–H groups in total. The van der Waals surface area contributed by atoms with Gasteiger partial charge in [0, 0.05) is 25.5 Å². The fourth-order valence-electron chi connectivity index (χ4n) is 2.08. The van der Waals surface area contributed by atoms with Crippen molar-refractivity contribution < 1.29 is 18.3 Å². The normalized spacial score (nSPS) is 11.2. The molecule has 0 spiro atoms. The molecule has 0 aliphatic carbocycles. The fraction of sp³-hybridized carbons (Fsp3) is 0.188.